The smallest absolute Gasteiger partial charge is 0.243 e. The van der Waals surface area contributed by atoms with Crippen LogP contribution in [0.15, 0.2) is 82.2 Å². The maximum absolute atomic E-state index is 14.0. The molecular weight excluding hydrogens is 519 g/mol. The van der Waals surface area contributed by atoms with E-state index in [9.17, 15) is 17.6 Å². The zero-order chi connectivity index (χ0) is 23.3. The molecule has 0 aromatic heterocycles. The van der Waals surface area contributed by atoms with Gasteiger partial charge in [-0.2, -0.15) is 4.31 Å². The Hall–Kier alpha value is -2.26. The summed E-state index contributed by atoms with van der Waals surface area (Å²) in [6.45, 7) is -0.373. The first kappa shape index (κ1) is 24.4. The van der Waals surface area contributed by atoms with Crippen molar-refractivity contribution in [1.82, 2.24) is 9.21 Å². The lowest BCUT2D eigenvalue weighted by molar-refractivity contribution is -0.130. The molecule has 9 heteroatoms. The molecule has 32 heavy (non-hydrogen) atoms. The summed E-state index contributed by atoms with van der Waals surface area (Å²) in [5.74, 6) is -0.879. The monoisotopic (exact) mass is 538 g/mol. The lowest BCUT2D eigenvalue weighted by Gasteiger charge is -2.25. The van der Waals surface area contributed by atoms with Crippen LogP contribution >= 0.6 is 27.5 Å². The van der Waals surface area contributed by atoms with Crippen LogP contribution in [0.25, 0.3) is 0 Å². The van der Waals surface area contributed by atoms with Crippen molar-refractivity contribution in [1.29, 1.82) is 0 Å². The Morgan fingerprint density at radius 3 is 2.22 bits per heavy atom. The van der Waals surface area contributed by atoms with E-state index in [4.69, 9.17) is 11.6 Å². The predicted octanol–water partition coefficient (Wildman–Crippen LogP) is 5.09. The number of hydrogen-bond donors (Lipinski definition) is 0. The molecule has 0 saturated carbocycles. The standard InChI is InChI=1S/C23H21BrClFN2O3S/c1-27(15-18-4-2-3-5-22(18)26)23(29)16-28(14-17-6-8-19(24)9-7-17)32(30,31)21-12-10-20(25)11-13-21/h2-13H,14-16H2,1H3. The van der Waals surface area contributed by atoms with Crippen LogP contribution in [0.5, 0.6) is 0 Å². The van der Waals surface area contributed by atoms with Crippen molar-refractivity contribution in [3.05, 3.63) is 99.2 Å². The van der Waals surface area contributed by atoms with E-state index in [1.54, 1.807) is 42.5 Å². The Morgan fingerprint density at radius 1 is 0.969 bits per heavy atom. The maximum atomic E-state index is 14.0. The molecule has 0 aliphatic rings. The van der Waals surface area contributed by atoms with Crippen LogP contribution < -0.4 is 0 Å². The largest absolute Gasteiger partial charge is 0.340 e. The topological polar surface area (TPSA) is 57.7 Å². The molecule has 0 atom stereocenters. The van der Waals surface area contributed by atoms with E-state index in [1.807, 2.05) is 0 Å². The summed E-state index contributed by atoms with van der Waals surface area (Å²) in [6, 6.07) is 19.1. The highest BCUT2D eigenvalue weighted by atomic mass is 79.9. The van der Waals surface area contributed by atoms with E-state index >= 15 is 0 Å². The first-order valence-electron chi connectivity index (χ1n) is 9.64. The number of nitrogens with zero attached hydrogens (tertiary/aromatic N) is 2. The SMILES string of the molecule is CN(Cc1ccccc1F)C(=O)CN(Cc1ccc(Br)cc1)S(=O)(=O)c1ccc(Cl)cc1. The van der Waals surface area contributed by atoms with Crippen molar-refractivity contribution >= 4 is 43.5 Å². The summed E-state index contributed by atoms with van der Waals surface area (Å²) >= 11 is 9.25. The van der Waals surface area contributed by atoms with Crippen molar-refractivity contribution in [2.45, 2.75) is 18.0 Å². The molecule has 0 heterocycles. The summed E-state index contributed by atoms with van der Waals surface area (Å²) in [7, 11) is -2.48. The van der Waals surface area contributed by atoms with E-state index in [0.29, 0.717) is 10.6 Å². The van der Waals surface area contributed by atoms with Crippen LogP contribution in [0.4, 0.5) is 4.39 Å². The third-order valence-electron chi connectivity index (χ3n) is 4.83. The molecule has 3 aromatic carbocycles. The van der Waals surface area contributed by atoms with Crippen LogP contribution in [0.2, 0.25) is 5.02 Å². The lowest BCUT2D eigenvalue weighted by Crippen LogP contribution is -2.41. The van der Waals surface area contributed by atoms with E-state index in [1.165, 1.54) is 42.3 Å². The normalized spacial score (nSPS) is 11.5. The van der Waals surface area contributed by atoms with Gasteiger partial charge in [-0.1, -0.05) is 57.9 Å². The van der Waals surface area contributed by atoms with Crippen LogP contribution in [0, 0.1) is 5.82 Å². The highest BCUT2D eigenvalue weighted by Crippen LogP contribution is 2.22. The average molecular weight is 540 g/mol. The second-order valence-corrected chi connectivity index (χ2v) is 10.5. The highest BCUT2D eigenvalue weighted by Gasteiger charge is 2.28. The molecule has 0 aliphatic carbocycles. The van der Waals surface area contributed by atoms with Crippen LogP contribution in [-0.2, 0) is 27.9 Å². The average Bonchev–Trinajstić information content (AvgIpc) is 2.76. The Morgan fingerprint density at radius 2 is 1.59 bits per heavy atom. The molecule has 1 amide bonds. The molecule has 0 unspecified atom stereocenters. The fourth-order valence-corrected chi connectivity index (χ4v) is 4.78. The van der Waals surface area contributed by atoms with Gasteiger partial charge in [-0.3, -0.25) is 4.79 Å². The van der Waals surface area contributed by atoms with E-state index in [0.717, 1.165) is 14.3 Å². The second kappa shape index (κ2) is 10.6. The number of halogens is 3. The molecule has 0 N–H and O–H groups in total. The van der Waals surface area contributed by atoms with Gasteiger partial charge >= 0.3 is 0 Å². The van der Waals surface area contributed by atoms with E-state index in [2.05, 4.69) is 15.9 Å². The fourth-order valence-electron chi connectivity index (χ4n) is 3.02. The minimum atomic E-state index is -3.99. The van der Waals surface area contributed by atoms with Gasteiger partial charge in [0.05, 0.1) is 11.4 Å². The Balaban J connectivity index is 1.86. The van der Waals surface area contributed by atoms with Crippen molar-refractivity contribution in [2.75, 3.05) is 13.6 Å². The summed E-state index contributed by atoms with van der Waals surface area (Å²) in [4.78, 5) is 14.3. The fraction of sp³-hybridized carbons (Fsp3) is 0.174. The molecule has 0 fully saturated rings. The van der Waals surface area contributed by atoms with Crippen LogP contribution in [0.3, 0.4) is 0 Å². The third kappa shape index (κ3) is 6.16. The molecule has 3 rings (SSSR count). The number of carbonyl (C=O) groups excluding carboxylic acids is 1. The van der Waals surface area contributed by atoms with Crippen molar-refractivity contribution in [3.8, 4) is 0 Å². The zero-order valence-corrected chi connectivity index (χ0v) is 20.4. The van der Waals surface area contributed by atoms with E-state index < -0.39 is 28.3 Å². The van der Waals surface area contributed by atoms with Gasteiger partial charge < -0.3 is 4.90 Å². The first-order chi connectivity index (χ1) is 15.2. The molecule has 0 radical (unpaired) electrons. The van der Waals surface area contributed by atoms with Gasteiger partial charge in [0.15, 0.2) is 0 Å². The molecular formula is C23H21BrClFN2O3S. The summed E-state index contributed by atoms with van der Waals surface area (Å²) in [5.41, 5.74) is 1.07. The molecule has 0 aliphatic heterocycles. The number of sulfonamides is 1. The van der Waals surface area contributed by atoms with Gasteiger partial charge in [0.1, 0.15) is 5.82 Å². The number of carbonyl (C=O) groups is 1. The maximum Gasteiger partial charge on any atom is 0.243 e. The molecule has 0 bridgehead atoms. The van der Waals surface area contributed by atoms with Crippen molar-refractivity contribution < 1.29 is 17.6 Å². The number of amides is 1. The van der Waals surface area contributed by atoms with Crippen molar-refractivity contribution in [3.63, 3.8) is 0 Å². The van der Waals surface area contributed by atoms with Gasteiger partial charge in [-0.15, -0.1) is 0 Å². The quantitative estimate of drug-likeness (QED) is 0.401. The highest BCUT2D eigenvalue weighted by molar-refractivity contribution is 9.10. The summed E-state index contributed by atoms with van der Waals surface area (Å²) in [6.07, 6.45) is 0. The first-order valence-corrected chi connectivity index (χ1v) is 12.3. The zero-order valence-electron chi connectivity index (χ0n) is 17.2. The van der Waals surface area contributed by atoms with Gasteiger partial charge in [0, 0.05) is 35.2 Å². The lowest BCUT2D eigenvalue weighted by atomic mass is 10.2. The minimum absolute atomic E-state index is 0.00246. The number of hydrogen-bond acceptors (Lipinski definition) is 3. The number of likely N-dealkylation sites (N-methyl/N-ethyl adjacent to an activating group) is 1. The Kier molecular flexibility index (Phi) is 8.05. The van der Waals surface area contributed by atoms with Crippen LogP contribution in [-0.4, -0.2) is 37.1 Å². The number of benzene rings is 3. The summed E-state index contributed by atoms with van der Waals surface area (Å²) in [5, 5.41) is 0.407. The molecule has 5 nitrogen and oxygen atoms in total. The van der Waals surface area contributed by atoms with Gasteiger partial charge in [-0.25, -0.2) is 12.8 Å². The molecule has 0 spiro atoms. The molecule has 3 aromatic rings. The van der Waals surface area contributed by atoms with Crippen LogP contribution in [0.1, 0.15) is 11.1 Å². The molecule has 0 saturated heterocycles. The van der Waals surface area contributed by atoms with Gasteiger partial charge in [-0.05, 0) is 48.0 Å². The Labute approximate surface area is 200 Å². The van der Waals surface area contributed by atoms with Crippen molar-refractivity contribution in [2.24, 2.45) is 0 Å². The van der Waals surface area contributed by atoms with Gasteiger partial charge in [0.25, 0.3) is 0 Å². The summed E-state index contributed by atoms with van der Waals surface area (Å²) < 4.78 is 42.6. The van der Waals surface area contributed by atoms with E-state index in [-0.39, 0.29) is 18.0 Å². The molecule has 168 valence electrons. The number of rotatable bonds is 8. The van der Waals surface area contributed by atoms with Gasteiger partial charge in [0.2, 0.25) is 15.9 Å². The second-order valence-electron chi connectivity index (χ2n) is 7.19. The predicted molar refractivity (Wildman–Crippen MR) is 126 cm³/mol. The third-order valence-corrected chi connectivity index (χ3v) is 7.41. The minimum Gasteiger partial charge on any atom is -0.340 e. The Bertz CT molecular complexity index is 1190.